The first-order chi connectivity index (χ1) is 14.2. The number of carboxylic acid groups (broad SMARTS) is 1. The van der Waals surface area contributed by atoms with Gasteiger partial charge in [-0.2, -0.15) is 5.26 Å². The van der Waals surface area contributed by atoms with Gasteiger partial charge in [0.15, 0.2) is 0 Å². The molecular formula is C22H13N2NaO4S. The van der Waals surface area contributed by atoms with Crippen molar-refractivity contribution in [3.05, 3.63) is 83.1 Å². The summed E-state index contributed by atoms with van der Waals surface area (Å²) in [5.74, 6) is -1.03. The van der Waals surface area contributed by atoms with Crippen LogP contribution in [-0.4, -0.2) is 11.0 Å². The van der Waals surface area contributed by atoms with Crippen LogP contribution in [0.4, 0.5) is 0 Å². The van der Waals surface area contributed by atoms with E-state index in [1.165, 1.54) is 23.5 Å². The molecule has 0 radical (unpaired) electrons. The maximum Gasteiger partial charge on any atom is 1.00 e. The summed E-state index contributed by atoms with van der Waals surface area (Å²) >= 11 is 1.54. The molecule has 0 N–H and O–H groups in total. The van der Waals surface area contributed by atoms with Crippen LogP contribution in [0.5, 0.6) is 5.88 Å². The van der Waals surface area contributed by atoms with Crippen LogP contribution < -0.4 is 39.4 Å². The zero-order valence-electron chi connectivity index (χ0n) is 16.0. The van der Waals surface area contributed by atoms with Crippen LogP contribution in [0.25, 0.3) is 21.7 Å². The van der Waals surface area contributed by atoms with Crippen molar-refractivity contribution in [2.24, 2.45) is 0 Å². The van der Waals surface area contributed by atoms with Crippen LogP contribution in [0, 0.1) is 11.3 Å². The van der Waals surface area contributed by atoms with Crippen molar-refractivity contribution in [2.75, 3.05) is 0 Å². The third-order valence-electron chi connectivity index (χ3n) is 4.27. The first-order valence-electron chi connectivity index (χ1n) is 8.60. The zero-order chi connectivity index (χ0) is 20.2. The Morgan fingerprint density at radius 3 is 2.63 bits per heavy atom. The van der Waals surface area contributed by atoms with E-state index in [0.717, 1.165) is 16.0 Å². The standard InChI is InChI=1S/C22H14N2O4S.Na/c23-11-18-17(16-7-8-27-13-16)10-19(20-2-1-9-29-20)24-21(18)28-12-14-3-5-15(6-4-14)22(25)26;/h1-10,13H,12H2,(H,25,26);/q;+1/p-1. The van der Waals surface area contributed by atoms with Crippen LogP contribution in [0.1, 0.15) is 21.5 Å². The fraction of sp³-hybridized carbons (Fsp3) is 0.0455. The molecule has 0 unspecified atom stereocenters. The van der Waals surface area contributed by atoms with Crippen molar-refractivity contribution in [3.63, 3.8) is 0 Å². The summed E-state index contributed by atoms with van der Waals surface area (Å²) < 4.78 is 11.0. The number of nitrogens with zero attached hydrogens (tertiary/aromatic N) is 2. The molecule has 0 spiro atoms. The number of thiophene rings is 1. The number of aromatic carboxylic acids is 1. The van der Waals surface area contributed by atoms with Gasteiger partial charge in [-0.25, -0.2) is 4.98 Å². The molecule has 3 heterocycles. The molecule has 0 bridgehead atoms. The Balaban J connectivity index is 0.00000256. The summed E-state index contributed by atoms with van der Waals surface area (Å²) in [6.07, 6.45) is 3.11. The third-order valence-corrected chi connectivity index (χ3v) is 5.16. The summed E-state index contributed by atoms with van der Waals surface area (Å²) in [7, 11) is 0. The Hall–Kier alpha value is -2.89. The maximum atomic E-state index is 10.9. The van der Waals surface area contributed by atoms with Gasteiger partial charge in [-0.3, -0.25) is 0 Å². The number of carbonyl (C=O) groups excluding carboxylic acids is 1. The minimum absolute atomic E-state index is 0. The molecule has 1 aromatic carbocycles. The van der Waals surface area contributed by atoms with Gasteiger partial charge in [-0.15, -0.1) is 11.3 Å². The smallest absolute Gasteiger partial charge is 0.545 e. The van der Waals surface area contributed by atoms with E-state index < -0.39 is 5.97 Å². The molecule has 0 aliphatic rings. The largest absolute Gasteiger partial charge is 1.00 e. The normalized spacial score (nSPS) is 10.1. The monoisotopic (exact) mass is 424 g/mol. The number of hydrogen-bond acceptors (Lipinski definition) is 7. The minimum Gasteiger partial charge on any atom is -0.545 e. The first-order valence-corrected chi connectivity index (χ1v) is 9.48. The van der Waals surface area contributed by atoms with Gasteiger partial charge in [0.05, 0.1) is 29.1 Å². The molecule has 4 rings (SSSR count). The second-order valence-corrected chi connectivity index (χ2v) is 7.06. The molecule has 6 nitrogen and oxygen atoms in total. The van der Waals surface area contributed by atoms with Gasteiger partial charge in [-0.05, 0) is 34.7 Å². The molecule has 3 aromatic heterocycles. The first kappa shape index (κ1) is 21.8. The number of nitriles is 1. The number of carboxylic acids is 1. The predicted octanol–water partition coefficient (Wildman–Crippen LogP) is 0.888. The molecule has 0 saturated heterocycles. The minimum atomic E-state index is -1.24. The topological polar surface area (TPSA) is 99.2 Å². The SMILES string of the molecule is N#Cc1c(-c2ccoc2)cc(-c2cccs2)nc1OCc1ccc(C(=O)[O-])cc1.[Na+]. The van der Waals surface area contributed by atoms with Gasteiger partial charge < -0.3 is 19.1 Å². The molecule has 30 heavy (non-hydrogen) atoms. The number of benzene rings is 1. The number of aromatic nitrogens is 1. The molecule has 0 saturated carbocycles. The van der Waals surface area contributed by atoms with Crippen LogP contribution in [0.2, 0.25) is 0 Å². The number of rotatable bonds is 6. The fourth-order valence-electron chi connectivity index (χ4n) is 2.82. The summed E-state index contributed by atoms with van der Waals surface area (Å²) in [5.41, 5.74) is 3.25. The van der Waals surface area contributed by atoms with Crippen molar-refractivity contribution in [1.29, 1.82) is 5.26 Å². The third kappa shape index (κ3) is 4.64. The average molecular weight is 424 g/mol. The van der Waals surface area contributed by atoms with E-state index in [2.05, 4.69) is 11.1 Å². The van der Waals surface area contributed by atoms with Crippen molar-refractivity contribution < 1.29 is 48.6 Å². The second kappa shape index (κ2) is 9.74. The van der Waals surface area contributed by atoms with Gasteiger partial charge in [0.1, 0.15) is 18.2 Å². The number of pyridine rings is 1. The van der Waals surface area contributed by atoms with E-state index in [1.54, 1.807) is 30.7 Å². The van der Waals surface area contributed by atoms with Crippen molar-refractivity contribution in [1.82, 2.24) is 4.98 Å². The molecular weight excluding hydrogens is 411 g/mol. The van der Waals surface area contributed by atoms with Crippen LogP contribution in [-0.2, 0) is 6.61 Å². The fourth-order valence-corrected chi connectivity index (χ4v) is 3.51. The van der Waals surface area contributed by atoms with E-state index >= 15 is 0 Å². The molecule has 0 amide bonds. The van der Waals surface area contributed by atoms with Crippen molar-refractivity contribution in [2.45, 2.75) is 6.61 Å². The van der Waals surface area contributed by atoms with E-state index in [0.29, 0.717) is 16.8 Å². The summed E-state index contributed by atoms with van der Waals surface area (Å²) in [4.78, 5) is 16.4. The second-order valence-electron chi connectivity index (χ2n) is 6.11. The van der Waals surface area contributed by atoms with Gasteiger partial charge in [0.25, 0.3) is 0 Å². The van der Waals surface area contributed by atoms with Crippen molar-refractivity contribution in [3.8, 4) is 33.6 Å². The molecule has 8 heteroatoms. The van der Waals surface area contributed by atoms with E-state index in [1.807, 2.05) is 23.6 Å². The summed E-state index contributed by atoms with van der Waals surface area (Å²) in [6, 6.07) is 15.8. The molecule has 0 atom stereocenters. The summed E-state index contributed by atoms with van der Waals surface area (Å²) in [5, 5.41) is 22.6. The predicted molar refractivity (Wildman–Crippen MR) is 105 cm³/mol. The Bertz CT molecular complexity index is 1180. The van der Waals surface area contributed by atoms with Gasteiger partial charge in [0.2, 0.25) is 5.88 Å². The Morgan fingerprint density at radius 2 is 2.03 bits per heavy atom. The van der Waals surface area contributed by atoms with Gasteiger partial charge in [-0.1, -0.05) is 30.3 Å². The van der Waals surface area contributed by atoms with Crippen molar-refractivity contribution >= 4 is 17.3 Å². The van der Waals surface area contributed by atoms with Gasteiger partial charge in [0, 0.05) is 11.1 Å². The van der Waals surface area contributed by atoms with Gasteiger partial charge >= 0.3 is 29.6 Å². The van der Waals surface area contributed by atoms with Crippen LogP contribution in [0.15, 0.2) is 70.9 Å². The van der Waals surface area contributed by atoms with Crippen LogP contribution in [0.3, 0.4) is 0 Å². The molecule has 0 aliphatic heterocycles. The Morgan fingerprint density at radius 1 is 1.23 bits per heavy atom. The molecule has 0 aliphatic carbocycles. The van der Waals surface area contributed by atoms with E-state index in [4.69, 9.17) is 9.15 Å². The molecule has 4 aromatic rings. The van der Waals surface area contributed by atoms with E-state index in [9.17, 15) is 15.2 Å². The summed E-state index contributed by atoms with van der Waals surface area (Å²) in [6.45, 7) is 0.133. The maximum absolute atomic E-state index is 10.9. The number of carbonyl (C=O) groups is 1. The quantitative estimate of drug-likeness (QED) is 0.426. The number of furan rings is 1. The Labute approximate surface area is 198 Å². The number of ether oxygens (including phenoxy) is 1. The van der Waals surface area contributed by atoms with E-state index in [-0.39, 0.29) is 47.6 Å². The van der Waals surface area contributed by atoms with Crippen LogP contribution >= 0.6 is 11.3 Å². The molecule has 142 valence electrons. The zero-order valence-corrected chi connectivity index (χ0v) is 18.8. The Kier molecular flexibility index (Phi) is 7.08. The average Bonchev–Trinajstić information content (AvgIpc) is 3.46. The molecule has 0 fully saturated rings. The number of hydrogen-bond donors (Lipinski definition) is 0.